The normalized spacial score (nSPS) is 11.2. The van der Waals surface area contributed by atoms with Gasteiger partial charge < -0.3 is 15.3 Å². The van der Waals surface area contributed by atoms with E-state index in [0.717, 1.165) is 5.56 Å². The number of benzene rings is 2. The lowest BCUT2D eigenvalue weighted by atomic mass is 10.1. The number of hydrogen-bond donors (Lipinski definition) is 1. The Morgan fingerprint density at radius 3 is 2.45 bits per heavy atom. The maximum atomic E-state index is 12.7. The first-order valence-electron chi connectivity index (χ1n) is 7.10. The Kier molecular flexibility index (Phi) is 6.23. The van der Waals surface area contributed by atoms with Crippen molar-refractivity contribution in [2.24, 2.45) is 10.9 Å². The number of nitrogens with two attached hydrogens (primary N) is 1. The van der Waals surface area contributed by atoms with Gasteiger partial charge in [0.05, 0.1) is 6.61 Å². The van der Waals surface area contributed by atoms with Gasteiger partial charge >= 0.3 is 0 Å². The number of nitrogens with zero attached hydrogens (tertiary/aromatic N) is 1. The van der Waals surface area contributed by atoms with Crippen LogP contribution in [0.1, 0.15) is 12.0 Å². The van der Waals surface area contributed by atoms with Crippen LogP contribution in [0.2, 0.25) is 0 Å². The largest absolute Gasteiger partial charge is 0.493 e. The molecule has 0 saturated heterocycles. The number of amidine groups is 1. The molecule has 0 atom stereocenters. The quantitative estimate of drug-likeness (QED) is 0.353. The molecule has 4 nitrogen and oxygen atoms in total. The first-order valence-corrected chi connectivity index (χ1v) is 7.10. The lowest BCUT2D eigenvalue weighted by molar-refractivity contribution is 0.127. The number of rotatable bonds is 8. The van der Waals surface area contributed by atoms with Gasteiger partial charge in [-0.3, -0.25) is 0 Å². The molecule has 2 N–H and O–H groups in total. The molecule has 5 heteroatoms. The van der Waals surface area contributed by atoms with Gasteiger partial charge in [0.2, 0.25) is 0 Å². The Labute approximate surface area is 129 Å². The summed E-state index contributed by atoms with van der Waals surface area (Å²) in [5.74, 6) is 0.790. The van der Waals surface area contributed by atoms with Crippen LogP contribution in [0.25, 0.3) is 0 Å². The third kappa shape index (κ3) is 5.83. The van der Waals surface area contributed by atoms with Gasteiger partial charge in [-0.05, 0) is 29.8 Å². The molecule has 0 fully saturated rings. The Morgan fingerprint density at radius 2 is 1.73 bits per heavy atom. The van der Waals surface area contributed by atoms with E-state index in [1.807, 2.05) is 30.3 Å². The lowest BCUT2D eigenvalue weighted by Crippen LogP contribution is -2.15. The highest BCUT2D eigenvalue weighted by Gasteiger charge is 1.97. The van der Waals surface area contributed by atoms with E-state index in [0.29, 0.717) is 37.6 Å². The number of halogens is 1. The minimum absolute atomic E-state index is 0.279. The Bertz CT molecular complexity index is 585. The maximum absolute atomic E-state index is 12.7. The SMILES string of the molecule is N/C(Cc1ccccc1)=N\OCCCOc1ccc(F)cc1. The second-order valence-electron chi connectivity index (χ2n) is 4.73. The van der Waals surface area contributed by atoms with E-state index in [1.54, 1.807) is 12.1 Å². The average Bonchev–Trinajstić information content (AvgIpc) is 2.53. The van der Waals surface area contributed by atoms with E-state index in [1.165, 1.54) is 12.1 Å². The van der Waals surface area contributed by atoms with E-state index in [-0.39, 0.29) is 5.82 Å². The molecule has 2 rings (SSSR count). The van der Waals surface area contributed by atoms with Crippen molar-refractivity contribution in [1.82, 2.24) is 0 Å². The fourth-order valence-corrected chi connectivity index (χ4v) is 1.81. The predicted octanol–water partition coefficient (Wildman–Crippen LogP) is 3.13. The molecule has 0 bridgehead atoms. The number of hydrogen-bond acceptors (Lipinski definition) is 3. The summed E-state index contributed by atoms with van der Waals surface area (Å²) in [6.07, 6.45) is 1.23. The van der Waals surface area contributed by atoms with Crippen LogP contribution in [0.5, 0.6) is 5.75 Å². The zero-order chi connectivity index (χ0) is 15.6. The molecular weight excluding hydrogens is 283 g/mol. The molecule has 0 unspecified atom stereocenters. The minimum atomic E-state index is -0.279. The monoisotopic (exact) mass is 302 g/mol. The van der Waals surface area contributed by atoms with E-state index >= 15 is 0 Å². The van der Waals surface area contributed by atoms with E-state index in [4.69, 9.17) is 15.3 Å². The van der Waals surface area contributed by atoms with Crippen LogP contribution in [0.3, 0.4) is 0 Å². The highest BCUT2D eigenvalue weighted by atomic mass is 19.1. The molecule has 0 aromatic heterocycles. The third-order valence-corrected chi connectivity index (χ3v) is 2.87. The first-order chi connectivity index (χ1) is 10.7. The van der Waals surface area contributed by atoms with Crippen molar-refractivity contribution >= 4 is 5.84 Å². The molecule has 0 radical (unpaired) electrons. The summed E-state index contributed by atoms with van der Waals surface area (Å²) in [7, 11) is 0. The summed E-state index contributed by atoms with van der Waals surface area (Å²) in [6.45, 7) is 0.885. The highest BCUT2D eigenvalue weighted by molar-refractivity contribution is 5.82. The second-order valence-corrected chi connectivity index (χ2v) is 4.73. The number of ether oxygens (including phenoxy) is 1. The smallest absolute Gasteiger partial charge is 0.143 e. The van der Waals surface area contributed by atoms with Gasteiger partial charge in [-0.25, -0.2) is 4.39 Å². The molecule has 0 spiro atoms. The summed E-state index contributed by atoms with van der Waals surface area (Å²) in [6, 6.07) is 15.7. The van der Waals surface area contributed by atoms with Gasteiger partial charge in [-0.15, -0.1) is 0 Å². The average molecular weight is 302 g/mol. The summed E-state index contributed by atoms with van der Waals surface area (Å²) >= 11 is 0. The van der Waals surface area contributed by atoms with Gasteiger partial charge in [0.15, 0.2) is 0 Å². The van der Waals surface area contributed by atoms with Crippen molar-refractivity contribution in [3.05, 3.63) is 66.0 Å². The fourth-order valence-electron chi connectivity index (χ4n) is 1.81. The van der Waals surface area contributed by atoms with E-state index < -0.39 is 0 Å². The van der Waals surface area contributed by atoms with Gasteiger partial charge in [0.25, 0.3) is 0 Å². The summed E-state index contributed by atoms with van der Waals surface area (Å²) in [4.78, 5) is 5.15. The molecule has 0 aliphatic rings. The van der Waals surface area contributed by atoms with Crippen molar-refractivity contribution in [1.29, 1.82) is 0 Å². The van der Waals surface area contributed by atoms with Gasteiger partial charge in [-0.2, -0.15) is 0 Å². The molecule has 2 aromatic rings. The van der Waals surface area contributed by atoms with E-state index in [9.17, 15) is 4.39 Å². The van der Waals surface area contributed by atoms with Crippen LogP contribution in [0.4, 0.5) is 4.39 Å². The molecule has 2 aromatic carbocycles. The van der Waals surface area contributed by atoms with Crippen LogP contribution in [-0.4, -0.2) is 19.0 Å². The van der Waals surface area contributed by atoms with Crippen LogP contribution in [0, 0.1) is 5.82 Å². The molecule has 0 heterocycles. The summed E-state index contributed by atoms with van der Waals surface area (Å²) < 4.78 is 18.1. The maximum Gasteiger partial charge on any atom is 0.143 e. The van der Waals surface area contributed by atoms with Crippen LogP contribution < -0.4 is 10.5 Å². The van der Waals surface area contributed by atoms with Crippen molar-refractivity contribution in [2.75, 3.05) is 13.2 Å². The van der Waals surface area contributed by atoms with Crippen molar-refractivity contribution in [3.63, 3.8) is 0 Å². The second kappa shape index (κ2) is 8.67. The highest BCUT2D eigenvalue weighted by Crippen LogP contribution is 2.11. The fraction of sp³-hybridized carbons (Fsp3) is 0.235. The van der Waals surface area contributed by atoms with Gasteiger partial charge in [-0.1, -0.05) is 35.5 Å². The van der Waals surface area contributed by atoms with Gasteiger partial charge in [0, 0.05) is 12.8 Å². The molecule has 0 saturated carbocycles. The van der Waals surface area contributed by atoms with Crippen molar-refractivity contribution in [2.45, 2.75) is 12.8 Å². The van der Waals surface area contributed by atoms with Crippen molar-refractivity contribution in [3.8, 4) is 5.75 Å². The molecule has 0 aliphatic carbocycles. The standard InChI is InChI=1S/C17H19FN2O2/c18-15-7-9-16(10-8-15)21-11-4-12-22-20-17(19)13-14-5-2-1-3-6-14/h1-3,5-10H,4,11-13H2,(H2,19,20). The van der Waals surface area contributed by atoms with Crippen LogP contribution in [0.15, 0.2) is 59.8 Å². The van der Waals surface area contributed by atoms with Crippen molar-refractivity contribution < 1.29 is 14.0 Å². The van der Waals surface area contributed by atoms with Gasteiger partial charge in [0.1, 0.15) is 24.0 Å². The molecule has 0 amide bonds. The topological polar surface area (TPSA) is 56.8 Å². The Morgan fingerprint density at radius 1 is 1.00 bits per heavy atom. The number of oxime groups is 1. The van der Waals surface area contributed by atoms with Crippen LogP contribution >= 0.6 is 0 Å². The Hall–Kier alpha value is -2.56. The summed E-state index contributed by atoms with van der Waals surface area (Å²) in [5.41, 5.74) is 6.87. The molecule has 22 heavy (non-hydrogen) atoms. The zero-order valence-corrected chi connectivity index (χ0v) is 12.2. The molecule has 0 aliphatic heterocycles. The van der Waals surface area contributed by atoms with Crippen LogP contribution in [-0.2, 0) is 11.3 Å². The third-order valence-electron chi connectivity index (χ3n) is 2.87. The molecule has 116 valence electrons. The Balaban J connectivity index is 1.60. The predicted molar refractivity (Wildman–Crippen MR) is 84.2 cm³/mol. The molecular formula is C17H19FN2O2. The van der Waals surface area contributed by atoms with E-state index in [2.05, 4.69) is 5.16 Å². The zero-order valence-electron chi connectivity index (χ0n) is 12.2. The first kappa shape index (κ1) is 15.8. The minimum Gasteiger partial charge on any atom is -0.493 e. The lowest BCUT2D eigenvalue weighted by Gasteiger charge is -2.06. The summed E-state index contributed by atoms with van der Waals surface area (Å²) in [5, 5.41) is 3.86.